The van der Waals surface area contributed by atoms with Crippen molar-refractivity contribution in [3.63, 3.8) is 0 Å². The molecule has 2 saturated carbocycles. The van der Waals surface area contributed by atoms with Crippen LogP contribution in [-0.2, 0) is 10.0 Å². The molecule has 2 fully saturated rings. The number of aromatic nitrogens is 3. The van der Waals surface area contributed by atoms with Crippen molar-refractivity contribution >= 4 is 26.9 Å². The largest absolute Gasteiger partial charge is 0.356 e. The first-order chi connectivity index (χ1) is 13.3. The van der Waals surface area contributed by atoms with Crippen LogP contribution in [0.4, 0.5) is 5.82 Å². The van der Waals surface area contributed by atoms with Crippen LogP contribution in [0.25, 0.3) is 11.0 Å². The van der Waals surface area contributed by atoms with Gasteiger partial charge in [0.15, 0.2) is 0 Å². The maximum atomic E-state index is 12.6. The van der Waals surface area contributed by atoms with Gasteiger partial charge in [0.05, 0.1) is 16.7 Å². The molecule has 0 bridgehead atoms. The van der Waals surface area contributed by atoms with Crippen molar-refractivity contribution in [2.45, 2.75) is 62.8 Å². The van der Waals surface area contributed by atoms with Gasteiger partial charge in [-0.2, -0.15) is 5.26 Å². The first-order valence-electron chi connectivity index (χ1n) is 9.70. The number of H-pyrrole nitrogens is 1. The number of nitrogens with one attached hydrogen (secondary N) is 2. The average Bonchev–Trinajstić information content (AvgIpc) is 3.08. The fourth-order valence-electron chi connectivity index (χ4n) is 4.46. The lowest BCUT2D eigenvalue weighted by Gasteiger charge is -2.47. The first kappa shape index (κ1) is 19.2. The van der Waals surface area contributed by atoms with Crippen LogP contribution < -0.4 is 9.62 Å². The Hall–Kier alpha value is -2.18. The minimum Gasteiger partial charge on any atom is -0.356 e. The highest BCUT2D eigenvalue weighted by molar-refractivity contribution is 7.90. The average molecular weight is 403 g/mol. The predicted molar refractivity (Wildman–Crippen MR) is 107 cm³/mol. The van der Waals surface area contributed by atoms with Gasteiger partial charge in [0.2, 0.25) is 10.0 Å². The number of hydrogen-bond donors (Lipinski definition) is 2. The van der Waals surface area contributed by atoms with Crippen LogP contribution in [0.2, 0.25) is 0 Å². The van der Waals surface area contributed by atoms with E-state index in [1.165, 1.54) is 0 Å². The van der Waals surface area contributed by atoms with E-state index in [1.54, 1.807) is 6.33 Å². The lowest BCUT2D eigenvalue weighted by atomic mass is 9.67. The molecule has 8 nitrogen and oxygen atoms in total. The Kier molecular flexibility index (Phi) is 4.79. The third kappa shape index (κ3) is 3.47. The van der Waals surface area contributed by atoms with Crippen molar-refractivity contribution in [1.82, 2.24) is 19.7 Å². The molecule has 0 aromatic carbocycles. The molecule has 2 N–H and O–H groups in total. The Labute approximate surface area is 165 Å². The van der Waals surface area contributed by atoms with E-state index in [-0.39, 0.29) is 22.7 Å². The van der Waals surface area contributed by atoms with Crippen molar-refractivity contribution in [3.05, 3.63) is 18.6 Å². The summed E-state index contributed by atoms with van der Waals surface area (Å²) in [6.07, 6.45) is 7.48. The number of fused-ring (bicyclic) bond motifs is 1. The Morgan fingerprint density at radius 1 is 1.39 bits per heavy atom. The van der Waals surface area contributed by atoms with Gasteiger partial charge in [-0.3, -0.25) is 0 Å². The number of hydrogen-bond acceptors (Lipinski definition) is 6. The summed E-state index contributed by atoms with van der Waals surface area (Å²) in [6.45, 7) is 2.08. The summed E-state index contributed by atoms with van der Waals surface area (Å²) in [5.41, 5.74) is 0.796. The summed E-state index contributed by atoms with van der Waals surface area (Å²) in [7, 11) is -1.30. The van der Waals surface area contributed by atoms with Crippen LogP contribution in [0, 0.1) is 16.7 Å². The van der Waals surface area contributed by atoms with E-state index < -0.39 is 10.0 Å². The van der Waals surface area contributed by atoms with Crippen molar-refractivity contribution < 1.29 is 8.42 Å². The molecule has 0 atom stereocenters. The van der Waals surface area contributed by atoms with Gasteiger partial charge in [0, 0.05) is 31.7 Å². The van der Waals surface area contributed by atoms with Crippen LogP contribution in [0.15, 0.2) is 18.6 Å². The standard InChI is InChI=1S/C19H26N6O2S/c1-19(5-3-6-20)10-15(11-19)28(26,27)24-13-8-14(9-13)25(2)18-16-4-7-21-17(16)22-12-23-18/h4,7,12-15,24H,3,5,8-11H2,1-2H3,(H,21,22,23)/t13-,14+,15-,19+. The molecule has 0 spiro atoms. The number of aromatic amines is 1. The lowest BCUT2D eigenvalue weighted by molar-refractivity contribution is 0.151. The molecule has 0 saturated heterocycles. The predicted octanol–water partition coefficient (Wildman–Crippen LogP) is 2.32. The number of sulfonamides is 1. The van der Waals surface area contributed by atoms with E-state index in [0.717, 1.165) is 36.1 Å². The van der Waals surface area contributed by atoms with Gasteiger partial charge in [0.1, 0.15) is 17.8 Å². The maximum absolute atomic E-state index is 12.6. The van der Waals surface area contributed by atoms with Crippen LogP contribution in [0.5, 0.6) is 0 Å². The number of nitriles is 1. The zero-order chi connectivity index (χ0) is 19.9. The summed E-state index contributed by atoms with van der Waals surface area (Å²) < 4.78 is 28.2. The van der Waals surface area contributed by atoms with Gasteiger partial charge < -0.3 is 9.88 Å². The molecule has 2 heterocycles. The monoisotopic (exact) mass is 402 g/mol. The van der Waals surface area contributed by atoms with Crippen molar-refractivity contribution in [2.75, 3.05) is 11.9 Å². The molecule has 0 radical (unpaired) electrons. The second-order valence-corrected chi connectivity index (χ2v) is 10.5. The number of nitrogens with zero attached hydrogens (tertiary/aromatic N) is 4. The van der Waals surface area contributed by atoms with E-state index in [1.807, 2.05) is 19.3 Å². The molecule has 2 aliphatic rings. The Morgan fingerprint density at radius 3 is 2.86 bits per heavy atom. The SMILES string of the molecule is CN(c1ncnc2[nH]ccc12)[C@H]1C[C@@H](NS(=O)(=O)[C@H]2C[C@@](C)(CCC#N)C2)C1. The minimum absolute atomic E-state index is 0.00748. The van der Waals surface area contributed by atoms with Gasteiger partial charge in [-0.1, -0.05) is 6.92 Å². The Bertz CT molecular complexity index is 999. The Balaban J connectivity index is 1.31. The van der Waals surface area contributed by atoms with Crippen LogP contribution in [0.3, 0.4) is 0 Å². The molecular weight excluding hydrogens is 376 g/mol. The quantitative estimate of drug-likeness (QED) is 0.734. The number of anilines is 1. The van der Waals surface area contributed by atoms with Crippen molar-refractivity contribution in [3.8, 4) is 6.07 Å². The highest BCUT2D eigenvalue weighted by Gasteiger charge is 2.48. The smallest absolute Gasteiger partial charge is 0.214 e. The fourth-order valence-corrected chi connectivity index (χ4v) is 6.56. The third-order valence-corrected chi connectivity index (χ3v) is 8.25. The molecular formula is C19H26N6O2S. The van der Waals surface area contributed by atoms with Gasteiger partial charge in [-0.15, -0.1) is 0 Å². The van der Waals surface area contributed by atoms with Crippen LogP contribution >= 0.6 is 0 Å². The summed E-state index contributed by atoms with van der Waals surface area (Å²) in [6, 6.07) is 4.34. The number of rotatable bonds is 7. The fraction of sp³-hybridized carbons (Fsp3) is 0.632. The third-order valence-electron chi connectivity index (χ3n) is 6.38. The summed E-state index contributed by atoms with van der Waals surface area (Å²) in [4.78, 5) is 13.8. The normalized spacial score (nSPS) is 29.7. The molecule has 2 aromatic rings. The molecule has 150 valence electrons. The van der Waals surface area contributed by atoms with Gasteiger partial charge in [-0.25, -0.2) is 23.1 Å². The lowest BCUT2D eigenvalue weighted by Crippen LogP contribution is -2.57. The molecule has 4 rings (SSSR count). The minimum atomic E-state index is -3.30. The summed E-state index contributed by atoms with van der Waals surface area (Å²) in [5.74, 6) is 0.866. The molecule has 0 aliphatic heterocycles. The van der Waals surface area contributed by atoms with Crippen LogP contribution in [0.1, 0.15) is 45.4 Å². The summed E-state index contributed by atoms with van der Waals surface area (Å²) >= 11 is 0. The van der Waals surface area contributed by atoms with E-state index in [0.29, 0.717) is 19.3 Å². The second kappa shape index (κ2) is 7.01. The molecule has 28 heavy (non-hydrogen) atoms. The van der Waals surface area contributed by atoms with E-state index >= 15 is 0 Å². The zero-order valence-electron chi connectivity index (χ0n) is 16.2. The summed E-state index contributed by atoms with van der Waals surface area (Å²) in [5, 5.41) is 9.38. The molecule has 2 aromatic heterocycles. The molecule has 9 heteroatoms. The van der Waals surface area contributed by atoms with E-state index in [9.17, 15) is 8.42 Å². The van der Waals surface area contributed by atoms with Crippen molar-refractivity contribution in [1.29, 1.82) is 5.26 Å². The van der Waals surface area contributed by atoms with E-state index in [4.69, 9.17) is 5.26 Å². The topological polar surface area (TPSA) is 115 Å². The van der Waals surface area contributed by atoms with Gasteiger partial charge >= 0.3 is 0 Å². The second-order valence-electron chi connectivity index (χ2n) is 8.53. The highest BCUT2D eigenvalue weighted by atomic mass is 32.2. The molecule has 0 amide bonds. The molecule has 2 aliphatic carbocycles. The zero-order valence-corrected chi connectivity index (χ0v) is 17.0. The maximum Gasteiger partial charge on any atom is 0.214 e. The highest BCUT2D eigenvalue weighted by Crippen LogP contribution is 2.47. The van der Waals surface area contributed by atoms with Gasteiger partial charge in [0.25, 0.3) is 0 Å². The Morgan fingerprint density at radius 2 is 2.14 bits per heavy atom. The van der Waals surface area contributed by atoms with Gasteiger partial charge in [-0.05, 0) is 43.6 Å². The van der Waals surface area contributed by atoms with Crippen molar-refractivity contribution in [2.24, 2.45) is 5.41 Å². The molecule has 0 unspecified atom stereocenters. The van der Waals surface area contributed by atoms with E-state index in [2.05, 4.69) is 37.6 Å². The first-order valence-corrected chi connectivity index (χ1v) is 11.2. The van der Waals surface area contributed by atoms with Crippen LogP contribution in [-0.4, -0.2) is 47.8 Å².